The molecule has 2 atom stereocenters. The number of nitrogens with zero attached hydrogens (tertiary/aromatic N) is 1. The van der Waals surface area contributed by atoms with Gasteiger partial charge in [-0.2, -0.15) is 0 Å². The van der Waals surface area contributed by atoms with Crippen molar-refractivity contribution in [1.29, 1.82) is 0 Å². The van der Waals surface area contributed by atoms with E-state index in [1.165, 1.54) is 4.88 Å². The molecule has 0 bridgehead atoms. The minimum Gasteiger partial charge on any atom is -0.491 e. The predicted molar refractivity (Wildman–Crippen MR) is 105 cm³/mol. The number of hydrogen-bond donors (Lipinski definition) is 1. The van der Waals surface area contributed by atoms with Gasteiger partial charge in [0.05, 0.1) is 6.10 Å². The van der Waals surface area contributed by atoms with E-state index in [9.17, 15) is 4.79 Å². The normalized spacial score (nSPS) is 18.5. The molecule has 2 aromatic heterocycles. The lowest BCUT2D eigenvalue weighted by atomic mass is 10.1. The second kappa shape index (κ2) is 7.56. The minimum absolute atomic E-state index is 0.127. The lowest BCUT2D eigenvalue weighted by Gasteiger charge is -2.09. The van der Waals surface area contributed by atoms with E-state index < -0.39 is 0 Å². The highest BCUT2D eigenvalue weighted by atomic mass is 32.1. The van der Waals surface area contributed by atoms with Gasteiger partial charge in [0, 0.05) is 23.1 Å². The van der Waals surface area contributed by atoms with Crippen LogP contribution < -0.4 is 10.1 Å². The monoisotopic (exact) mass is 382 g/mol. The fraction of sp³-hybridized carbons (Fsp3) is 0.333. The Hall–Kier alpha value is -2.60. The number of rotatable bonds is 7. The second-order valence-electron chi connectivity index (χ2n) is 7.10. The topological polar surface area (TPSA) is 64.4 Å². The van der Waals surface area contributed by atoms with E-state index in [-0.39, 0.29) is 12.0 Å². The molecule has 1 aliphatic carbocycles. The third kappa shape index (κ3) is 4.22. The molecule has 1 saturated carbocycles. The van der Waals surface area contributed by atoms with Crippen LogP contribution in [0, 0.1) is 5.92 Å². The fourth-order valence-electron chi connectivity index (χ4n) is 3.13. The zero-order chi connectivity index (χ0) is 18.8. The van der Waals surface area contributed by atoms with Gasteiger partial charge in [-0.15, -0.1) is 11.3 Å². The Kier molecular flexibility index (Phi) is 4.99. The zero-order valence-electron chi connectivity index (χ0n) is 15.3. The highest BCUT2D eigenvalue weighted by Crippen LogP contribution is 2.48. The van der Waals surface area contributed by atoms with Gasteiger partial charge in [-0.3, -0.25) is 4.79 Å². The molecule has 1 aliphatic rings. The standard InChI is InChI=1S/C21H22N2O3S/c1-13(2)25-16-7-5-14(6-8-16)19-11-18(23-26-19)21(24)22-12-15-10-17(15)20-4-3-9-27-20/h3-9,11,13,15,17H,10,12H2,1-2H3,(H,22,24). The van der Waals surface area contributed by atoms with E-state index in [4.69, 9.17) is 9.26 Å². The van der Waals surface area contributed by atoms with E-state index in [1.807, 2.05) is 38.1 Å². The number of thiophene rings is 1. The molecule has 0 radical (unpaired) electrons. The Morgan fingerprint density at radius 1 is 1.33 bits per heavy atom. The largest absolute Gasteiger partial charge is 0.491 e. The van der Waals surface area contributed by atoms with E-state index in [0.717, 1.165) is 17.7 Å². The molecule has 0 spiro atoms. The zero-order valence-corrected chi connectivity index (χ0v) is 16.2. The Balaban J connectivity index is 1.33. The van der Waals surface area contributed by atoms with Crippen LogP contribution in [0.5, 0.6) is 5.75 Å². The van der Waals surface area contributed by atoms with Crippen LogP contribution in [0.25, 0.3) is 11.3 Å². The molecule has 1 amide bonds. The predicted octanol–water partition coefficient (Wildman–Crippen LogP) is 4.72. The highest BCUT2D eigenvalue weighted by molar-refractivity contribution is 7.10. The van der Waals surface area contributed by atoms with E-state index in [0.29, 0.717) is 29.8 Å². The summed E-state index contributed by atoms with van der Waals surface area (Å²) in [4.78, 5) is 13.7. The molecule has 1 aromatic carbocycles. The number of carbonyl (C=O) groups is 1. The van der Waals surface area contributed by atoms with Crippen molar-refractivity contribution in [3.63, 3.8) is 0 Å². The molecule has 2 heterocycles. The smallest absolute Gasteiger partial charge is 0.273 e. The van der Waals surface area contributed by atoms with Crippen molar-refractivity contribution in [2.75, 3.05) is 6.54 Å². The Bertz CT molecular complexity index is 900. The summed E-state index contributed by atoms with van der Waals surface area (Å²) >= 11 is 1.78. The van der Waals surface area contributed by atoms with Crippen molar-refractivity contribution in [1.82, 2.24) is 10.5 Å². The van der Waals surface area contributed by atoms with Crippen LogP contribution in [0.1, 0.15) is 41.6 Å². The van der Waals surface area contributed by atoms with Gasteiger partial charge in [0.1, 0.15) is 5.75 Å². The molecule has 5 nitrogen and oxygen atoms in total. The quantitative estimate of drug-likeness (QED) is 0.642. The third-order valence-corrected chi connectivity index (χ3v) is 5.61. The summed E-state index contributed by atoms with van der Waals surface area (Å²) < 4.78 is 11.0. The van der Waals surface area contributed by atoms with E-state index >= 15 is 0 Å². The Morgan fingerprint density at radius 2 is 2.15 bits per heavy atom. The first-order valence-corrected chi connectivity index (χ1v) is 10.0. The SMILES string of the molecule is CC(C)Oc1ccc(-c2cc(C(=O)NCC3CC3c3cccs3)no2)cc1. The highest BCUT2D eigenvalue weighted by Gasteiger charge is 2.39. The van der Waals surface area contributed by atoms with Gasteiger partial charge in [0.15, 0.2) is 11.5 Å². The summed E-state index contributed by atoms with van der Waals surface area (Å²) in [5.41, 5.74) is 1.17. The van der Waals surface area contributed by atoms with Gasteiger partial charge in [-0.05, 0) is 67.8 Å². The van der Waals surface area contributed by atoms with Crippen molar-refractivity contribution in [2.24, 2.45) is 5.92 Å². The number of benzene rings is 1. The van der Waals surface area contributed by atoms with Gasteiger partial charge in [0.2, 0.25) is 0 Å². The van der Waals surface area contributed by atoms with Crippen molar-refractivity contribution >= 4 is 17.2 Å². The van der Waals surface area contributed by atoms with Gasteiger partial charge in [-0.25, -0.2) is 0 Å². The number of carbonyl (C=O) groups excluding carboxylic acids is 1. The van der Waals surface area contributed by atoms with Crippen molar-refractivity contribution in [3.05, 3.63) is 58.4 Å². The first-order valence-electron chi connectivity index (χ1n) is 9.15. The van der Waals surface area contributed by atoms with Gasteiger partial charge >= 0.3 is 0 Å². The van der Waals surface area contributed by atoms with Crippen LogP contribution in [0.2, 0.25) is 0 Å². The lowest BCUT2D eigenvalue weighted by molar-refractivity contribution is 0.0942. The number of ether oxygens (including phenoxy) is 1. The van der Waals surface area contributed by atoms with E-state index in [1.54, 1.807) is 17.4 Å². The first-order chi connectivity index (χ1) is 13.1. The van der Waals surface area contributed by atoms with Crippen LogP contribution in [-0.4, -0.2) is 23.7 Å². The average molecular weight is 382 g/mol. The molecule has 140 valence electrons. The second-order valence-corrected chi connectivity index (χ2v) is 8.07. The van der Waals surface area contributed by atoms with Gasteiger partial charge < -0.3 is 14.6 Å². The molecule has 4 rings (SSSR count). The van der Waals surface area contributed by atoms with Crippen LogP contribution >= 0.6 is 11.3 Å². The summed E-state index contributed by atoms with van der Waals surface area (Å²) in [7, 11) is 0. The van der Waals surface area contributed by atoms with Crippen molar-refractivity contribution < 1.29 is 14.1 Å². The Morgan fingerprint density at radius 3 is 2.85 bits per heavy atom. The number of amides is 1. The summed E-state index contributed by atoms with van der Waals surface area (Å²) in [5, 5.41) is 8.98. The summed E-state index contributed by atoms with van der Waals surface area (Å²) in [6.07, 6.45) is 1.26. The van der Waals surface area contributed by atoms with Crippen LogP contribution in [0.15, 0.2) is 52.4 Å². The van der Waals surface area contributed by atoms with Gasteiger partial charge in [-0.1, -0.05) is 11.2 Å². The molecule has 1 fully saturated rings. The summed E-state index contributed by atoms with van der Waals surface area (Å²) in [6.45, 7) is 4.64. The maximum atomic E-state index is 12.3. The Labute approximate surface area is 162 Å². The molecular weight excluding hydrogens is 360 g/mol. The van der Waals surface area contributed by atoms with Gasteiger partial charge in [0.25, 0.3) is 5.91 Å². The molecule has 0 aliphatic heterocycles. The molecule has 2 unspecified atom stereocenters. The molecule has 3 aromatic rings. The molecule has 1 N–H and O–H groups in total. The van der Waals surface area contributed by atoms with Crippen molar-refractivity contribution in [3.8, 4) is 17.1 Å². The van der Waals surface area contributed by atoms with Crippen LogP contribution in [0.4, 0.5) is 0 Å². The molecule has 6 heteroatoms. The summed E-state index contributed by atoms with van der Waals surface area (Å²) in [6, 6.07) is 13.5. The van der Waals surface area contributed by atoms with Crippen molar-refractivity contribution in [2.45, 2.75) is 32.3 Å². The first kappa shape index (κ1) is 17.8. The lowest BCUT2D eigenvalue weighted by Crippen LogP contribution is -2.26. The number of hydrogen-bond acceptors (Lipinski definition) is 5. The minimum atomic E-state index is -0.193. The summed E-state index contributed by atoms with van der Waals surface area (Å²) in [5.74, 6) is 2.29. The van der Waals surface area contributed by atoms with Crippen LogP contribution in [-0.2, 0) is 0 Å². The third-order valence-electron chi connectivity index (χ3n) is 4.61. The maximum Gasteiger partial charge on any atom is 0.273 e. The van der Waals surface area contributed by atoms with E-state index in [2.05, 4.69) is 28.0 Å². The molecule has 0 saturated heterocycles. The molecule has 27 heavy (non-hydrogen) atoms. The fourth-order valence-corrected chi connectivity index (χ4v) is 4.06. The number of nitrogens with one attached hydrogen (secondary N) is 1. The average Bonchev–Trinajstić information content (AvgIpc) is 3.05. The number of aromatic nitrogens is 1. The van der Waals surface area contributed by atoms with Crippen LogP contribution in [0.3, 0.4) is 0 Å². The maximum absolute atomic E-state index is 12.3. The molecular formula is C21H22N2O3S.